The Hall–Kier alpha value is -0.0800. The summed E-state index contributed by atoms with van der Waals surface area (Å²) in [6.07, 6.45) is 4.83. The van der Waals surface area contributed by atoms with Gasteiger partial charge in [0.25, 0.3) is 0 Å². The van der Waals surface area contributed by atoms with Crippen molar-refractivity contribution in [3.05, 3.63) is 0 Å². The normalized spacial score (nSPS) is 12.3. The zero-order chi connectivity index (χ0) is 7.11. The first-order valence-electron chi connectivity index (χ1n) is 3.96. The van der Waals surface area contributed by atoms with Crippen LogP contribution in [0.1, 0.15) is 39.5 Å². The third kappa shape index (κ3) is 6.05. The number of hydrogen-bond acceptors (Lipinski definition) is 1. The number of aliphatic hydroxyl groups is 1. The predicted octanol–water partition coefficient (Wildman–Crippen LogP) is 1.71. The lowest BCUT2D eigenvalue weighted by Gasteiger charge is -2.08. The van der Waals surface area contributed by atoms with E-state index in [2.05, 4.69) is 13.8 Å². The molecule has 0 saturated heterocycles. The minimum absolute atomic E-state index is 0. The summed E-state index contributed by atoms with van der Waals surface area (Å²) in [5.41, 5.74) is 0. The van der Waals surface area contributed by atoms with Crippen LogP contribution in [-0.4, -0.2) is 11.7 Å². The van der Waals surface area contributed by atoms with Gasteiger partial charge < -0.3 is 5.11 Å². The number of aliphatic hydroxyl groups excluding tert-OH is 1. The summed E-state index contributed by atoms with van der Waals surface area (Å²) in [5, 5.41) is 8.75. The van der Waals surface area contributed by atoms with Gasteiger partial charge in [-0.05, 0) is 12.3 Å². The molecule has 0 fully saturated rings. The van der Waals surface area contributed by atoms with E-state index in [1.807, 2.05) is 0 Å². The van der Waals surface area contributed by atoms with Crippen molar-refractivity contribution in [2.45, 2.75) is 39.5 Å². The summed E-state index contributed by atoms with van der Waals surface area (Å²) in [4.78, 5) is 0. The van der Waals surface area contributed by atoms with E-state index in [9.17, 15) is 0 Å². The van der Waals surface area contributed by atoms with Crippen LogP contribution in [0.15, 0.2) is 0 Å². The van der Waals surface area contributed by atoms with Crippen LogP contribution in [0.25, 0.3) is 0 Å². The standard InChI is InChI=1S/C8H18O.N/c1-3-5-6-8(4-2)7-9;/h8-9H,3-7H2,1-2H3;. The second kappa shape index (κ2) is 8.92. The van der Waals surface area contributed by atoms with Gasteiger partial charge in [0.1, 0.15) is 0 Å². The molecule has 1 unspecified atom stereocenters. The van der Waals surface area contributed by atoms with Crippen molar-refractivity contribution in [3.63, 3.8) is 0 Å². The van der Waals surface area contributed by atoms with E-state index >= 15 is 0 Å². The lowest BCUT2D eigenvalue weighted by atomic mass is 10.0. The molecule has 0 aromatic rings. The molecule has 2 nitrogen and oxygen atoms in total. The van der Waals surface area contributed by atoms with Crippen LogP contribution in [0.3, 0.4) is 0 Å². The molecule has 1 atom stereocenters. The first-order valence-corrected chi connectivity index (χ1v) is 3.96. The quantitative estimate of drug-likeness (QED) is 0.627. The molecule has 0 saturated carbocycles. The molecule has 3 radical (unpaired) electrons. The molecule has 0 bridgehead atoms. The fourth-order valence-electron chi connectivity index (χ4n) is 0.917. The van der Waals surface area contributed by atoms with Crippen LogP contribution in [0.2, 0.25) is 0 Å². The van der Waals surface area contributed by atoms with Crippen molar-refractivity contribution in [2.24, 2.45) is 5.92 Å². The summed E-state index contributed by atoms with van der Waals surface area (Å²) in [7, 11) is 0. The molecule has 0 spiro atoms. The monoisotopic (exact) mass is 144 g/mol. The fraction of sp³-hybridized carbons (Fsp3) is 1.00. The van der Waals surface area contributed by atoms with Crippen molar-refractivity contribution in [1.82, 2.24) is 6.15 Å². The molecule has 0 aromatic carbocycles. The number of hydrogen-bond donors (Lipinski definition) is 1. The number of nitrogens with zero attached hydrogens (tertiary/aromatic N) is 1. The summed E-state index contributed by atoms with van der Waals surface area (Å²) in [5.74, 6) is 0.560. The Morgan fingerprint density at radius 3 is 2.20 bits per heavy atom. The van der Waals surface area contributed by atoms with Crippen LogP contribution in [0.4, 0.5) is 0 Å². The predicted molar refractivity (Wildman–Crippen MR) is 42.5 cm³/mol. The largest absolute Gasteiger partial charge is 0.396 e. The highest BCUT2D eigenvalue weighted by Gasteiger charge is 2.01. The summed E-state index contributed by atoms with van der Waals surface area (Å²) in [6.45, 7) is 4.69. The van der Waals surface area contributed by atoms with Gasteiger partial charge in [-0.2, -0.15) is 0 Å². The Morgan fingerprint density at radius 1 is 1.30 bits per heavy atom. The van der Waals surface area contributed by atoms with Gasteiger partial charge in [0, 0.05) is 12.8 Å². The molecular weight excluding hydrogens is 126 g/mol. The minimum atomic E-state index is 0. The van der Waals surface area contributed by atoms with Gasteiger partial charge in [0.2, 0.25) is 0 Å². The smallest absolute Gasteiger partial charge is 0.0459 e. The van der Waals surface area contributed by atoms with Gasteiger partial charge in [-0.1, -0.05) is 33.1 Å². The lowest BCUT2D eigenvalue weighted by Crippen LogP contribution is -2.03. The molecule has 0 aliphatic heterocycles. The van der Waals surface area contributed by atoms with Gasteiger partial charge in [0.05, 0.1) is 0 Å². The van der Waals surface area contributed by atoms with Crippen molar-refractivity contribution in [1.29, 1.82) is 0 Å². The maximum atomic E-state index is 8.75. The van der Waals surface area contributed by atoms with Crippen LogP contribution in [0.5, 0.6) is 0 Å². The highest BCUT2D eigenvalue weighted by atomic mass is 16.3. The molecule has 0 heterocycles. The Morgan fingerprint density at radius 2 is 1.90 bits per heavy atom. The second-order valence-electron chi connectivity index (χ2n) is 2.60. The Bertz CT molecular complexity index is 53.2. The van der Waals surface area contributed by atoms with Crippen molar-refractivity contribution in [3.8, 4) is 0 Å². The summed E-state index contributed by atoms with van der Waals surface area (Å²) >= 11 is 0. The lowest BCUT2D eigenvalue weighted by molar-refractivity contribution is 0.212. The molecule has 1 N–H and O–H groups in total. The van der Waals surface area contributed by atoms with E-state index in [-0.39, 0.29) is 6.15 Å². The van der Waals surface area contributed by atoms with E-state index in [1.54, 1.807) is 0 Å². The van der Waals surface area contributed by atoms with E-state index in [1.165, 1.54) is 19.3 Å². The molecule has 0 aromatic heterocycles. The second-order valence-corrected chi connectivity index (χ2v) is 2.60. The van der Waals surface area contributed by atoms with E-state index in [0.717, 1.165) is 6.42 Å². The maximum absolute atomic E-state index is 8.75. The van der Waals surface area contributed by atoms with Crippen molar-refractivity contribution >= 4 is 0 Å². The topological polar surface area (TPSA) is 50.7 Å². The zero-order valence-corrected chi connectivity index (χ0v) is 7.01. The Labute approximate surface area is 64.2 Å². The van der Waals surface area contributed by atoms with E-state index in [0.29, 0.717) is 12.5 Å². The van der Waals surface area contributed by atoms with Crippen LogP contribution < -0.4 is 6.15 Å². The van der Waals surface area contributed by atoms with E-state index < -0.39 is 0 Å². The summed E-state index contributed by atoms with van der Waals surface area (Å²) < 4.78 is 0. The molecule has 0 aliphatic rings. The average Bonchev–Trinajstić information content (AvgIpc) is 1.91. The van der Waals surface area contributed by atoms with Crippen LogP contribution in [-0.2, 0) is 0 Å². The fourth-order valence-corrected chi connectivity index (χ4v) is 0.917. The third-order valence-electron chi connectivity index (χ3n) is 1.80. The van der Waals surface area contributed by atoms with Gasteiger partial charge >= 0.3 is 0 Å². The van der Waals surface area contributed by atoms with Crippen molar-refractivity contribution < 1.29 is 5.11 Å². The summed E-state index contributed by atoms with van der Waals surface area (Å²) in [6, 6.07) is 0. The molecule has 61 valence electrons. The van der Waals surface area contributed by atoms with Crippen LogP contribution >= 0.6 is 0 Å². The average molecular weight is 144 g/mol. The molecular formula is C8H18NO. The highest BCUT2D eigenvalue weighted by molar-refractivity contribution is 4.53. The van der Waals surface area contributed by atoms with E-state index in [4.69, 9.17) is 5.11 Å². The maximum Gasteiger partial charge on any atom is 0.0459 e. The minimum Gasteiger partial charge on any atom is -0.396 e. The zero-order valence-electron chi connectivity index (χ0n) is 7.01. The molecule has 0 rings (SSSR count). The Kier molecular flexibility index (Phi) is 11.2. The number of unbranched alkanes of at least 4 members (excludes halogenated alkanes) is 1. The Balaban J connectivity index is 0. The highest BCUT2D eigenvalue weighted by Crippen LogP contribution is 2.10. The van der Waals surface area contributed by atoms with Gasteiger partial charge in [-0.25, -0.2) is 0 Å². The van der Waals surface area contributed by atoms with Crippen molar-refractivity contribution in [2.75, 3.05) is 6.61 Å². The molecule has 10 heavy (non-hydrogen) atoms. The third-order valence-corrected chi connectivity index (χ3v) is 1.80. The first kappa shape index (κ1) is 12.6. The first-order chi connectivity index (χ1) is 4.35. The van der Waals surface area contributed by atoms with Gasteiger partial charge in [0.15, 0.2) is 0 Å². The molecule has 0 aliphatic carbocycles. The SMILES string of the molecule is CCCCC(CC)CO.[N]. The van der Waals surface area contributed by atoms with Crippen LogP contribution in [0, 0.1) is 5.92 Å². The van der Waals surface area contributed by atoms with Gasteiger partial charge in [-0.3, -0.25) is 0 Å². The molecule has 2 heteroatoms. The number of rotatable bonds is 5. The van der Waals surface area contributed by atoms with Gasteiger partial charge in [-0.15, -0.1) is 0 Å². The molecule has 0 amide bonds.